The first-order chi connectivity index (χ1) is 25.2. The van der Waals surface area contributed by atoms with E-state index < -0.39 is 18.1 Å². The normalized spacial score (nSPS) is 18.5. The van der Waals surface area contributed by atoms with E-state index in [2.05, 4.69) is 12.2 Å². The molecule has 0 saturated carbocycles. The molecule has 0 bridgehead atoms. The van der Waals surface area contributed by atoms with Crippen molar-refractivity contribution in [3.63, 3.8) is 0 Å². The number of aromatic nitrogens is 4. The SMILES string of the molecule is COCCOc1cc(F)c(Cn2nc(-c3nc(CCCCCOCCN)cc(NC4=C/C(C)CCC(C)/C(C(F)F)=C\4)n3)c3ccccc32)c(F)c1. The molecule has 0 spiro atoms. The highest BCUT2D eigenvalue weighted by Crippen LogP contribution is 2.32. The maximum atomic E-state index is 15.3. The third-order valence-corrected chi connectivity index (χ3v) is 9.05. The topological polar surface area (TPSA) is 109 Å². The summed E-state index contributed by atoms with van der Waals surface area (Å²) in [5.74, 6) is -0.832. The van der Waals surface area contributed by atoms with Gasteiger partial charge in [0.25, 0.3) is 6.43 Å². The van der Waals surface area contributed by atoms with Gasteiger partial charge in [0.1, 0.15) is 35.5 Å². The Hall–Kier alpha value is -4.33. The Morgan fingerprint density at radius 3 is 2.50 bits per heavy atom. The van der Waals surface area contributed by atoms with E-state index in [1.165, 1.54) is 17.9 Å². The van der Waals surface area contributed by atoms with Crippen molar-refractivity contribution in [1.29, 1.82) is 0 Å². The predicted octanol–water partition coefficient (Wildman–Crippen LogP) is 8.09. The van der Waals surface area contributed by atoms with Crippen molar-refractivity contribution >= 4 is 16.7 Å². The number of fused-ring (bicyclic) bond motifs is 1. The molecular formula is C39H48F4N6O3. The Morgan fingerprint density at radius 2 is 1.75 bits per heavy atom. The van der Waals surface area contributed by atoms with E-state index in [1.807, 2.05) is 43.3 Å². The van der Waals surface area contributed by atoms with E-state index in [4.69, 9.17) is 35.0 Å². The van der Waals surface area contributed by atoms with E-state index in [0.29, 0.717) is 66.5 Å². The van der Waals surface area contributed by atoms with Crippen LogP contribution in [-0.4, -0.2) is 66.3 Å². The number of unbranched alkanes of at least 4 members (excludes halogenated alkanes) is 2. The van der Waals surface area contributed by atoms with Gasteiger partial charge in [0.05, 0.1) is 25.3 Å². The number of benzene rings is 2. The molecule has 1 aliphatic carbocycles. The molecule has 0 saturated heterocycles. The van der Waals surface area contributed by atoms with Gasteiger partial charge < -0.3 is 25.3 Å². The average molecular weight is 725 g/mol. The van der Waals surface area contributed by atoms with Crippen LogP contribution in [0, 0.1) is 23.5 Å². The van der Waals surface area contributed by atoms with E-state index in [9.17, 15) is 8.78 Å². The van der Waals surface area contributed by atoms with Crippen LogP contribution >= 0.6 is 0 Å². The number of aryl methyl sites for hydroxylation is 1. The van der Waals surface area contributed by atoms with Crippen LogP contribution in [0.3, 0.4) is 0 Å². The van der Waals surface area contributed by atoms with E-state index >= 15 is 8.78 Å². The fourth-order valence-electron chi connectivity index (χ4n) is 6.23. The molecule has 0 aliphatic heterocycles. The number of hydrogen-bond donors (Lipinski definition) is 2. The summed E-state index contributed by atoms with van der Waals surface area (Å²) in [6, 6.07) is 11.5. The quantitative estimate of drug-likeness (QED) is 0.0784. The fourth-order valence-corrected chi connectivity index (χ4v) is 6.23. The number of ether oxygens (including phenoxy) is 3. The summed E-state index contributed by atoms with van der Waals surface area (Å²) in [4.78, 5) is 9.73. The van der Waals surface area contributed by atoms with Gasteiger partial charge in [-0.25, -0.2) is 27.5 Å². The van der Waals surface area contributed by atoms with Crippen LogP contribution in [0.4, 0.5) is 23.4 Å². The largest absolute Gasteiger partial charge is 0.491 e. The summed E-state index contributed by atoms with van der Waals surface area (Å²) in [5, 5.41) is 8.80. The molecule has 0 amide bonds. The summed E-state index contributed by atoms with van der Waals surface area (Å²) >= 11 is 0. The monoisotopic (exact) mass is 724 g/mol. The number of nitrogens with two attached hydrogens (primary N) is 1. The Kier molecular flexibility index (Phi) is 14.2. The minimum absolute atomic E-state index is 0.0638. The second-order valence-corrected chi connectivity index (χ2v) is 13.2. The lowest BCUT2D eigenvalue weighted by Gasteiger charge is -2.22. The summed E-state index contributed by atoms with van der Waals surface area (Å²) in [7, 11) is 1.51. The number of para-hydroxylation sites is 1. The fraction of sp³-hybridized carbons (Fsp3) is 0.462. The second-order valence-electron chi connectivity index (χ2n) is 13.2. The van der Waals surface area contributed by atoms with Gasteiger partial charge >= 0.3 is 0 Å². The van der Waals surface area contributed by atoms with Crippen LogP contribution in [0.2, 0.25) is 0 Å². The van der Waals surface area contributed by atoms with Crippen LogP contribution in [-0.2, 0) is 22.4 Å². The Bertz CT molecular complexity index is 1820. The van der Waals surface area contributed by atoms with Crippen molar-refractivity contribution in [2.45, 2.75) is 65.3 Å². The van der Waals surface area contributed by atoms with Crippen LogP contribution in [0.25, 0.3) is 22.4 Å². The molecule has 2 unspecified atom stereocenters. The highest BCUT2D eigenvalue weighted by molar-refractivity contribution is 5.91. The van der Waals surface area contributed by atoms with Crippen molar-refractivity contribution in [3.8, 4) is 17.3 Å². The van der Waals surface area contributed by atoms with Crippen LogP contribution in [0.1, 0.15) is 57.2 Å². The highest BCUT2D eigenvalue weighted by atomic mass is 19.3. The van der Waals surface area contributed by atoms with E-state index in [0.717, 1.165) is 43.5 Å². The lowest BCUT2D eigenvalue weighted by Crippen LogP contribution is -2.14. The number of hydrogen-bond acceptors (Lipinski definition) is 8. The van der Waals surface area contributed by atoms with Gasteiger partial charge in [0.2, 0.25) is 0 Å². The Balaban J connectivity index is 1.50. The molecule has 4 aromatic rings. The van der Waals surface area contributed by atoms with Gasteiger partial charge in [-0.2, -0.15) is 5.10 Å². The maximum absolute atomic E-state index is 15.3. The van der Waals surface area contributed by atoms with Gasteiger partial charge in [-0.15, -0.1) is 0 Å². The van der Waals surface area contributed by atoms with Crippen molar-refractivity contribution < 1.29 is 31.8 Å². The number of allylic oxidation sites excluding steroid dienone is 3. The lowest BCUT2D eigenvalue weighted by molar-refractivity contribution is 0.137. The predicted molar refractivity (Wildman–Crippen MR) is 194 cm³/mol. The standard InChI is InChI=1S/C39H48F4N6O3/c1-25-12-13-26(2)31(38(42)43)20-28(19-25)45-36-21-27(9-5-4-8-15-51-16-14-44)46-39(47-36)37-30-10-6-7-11-35(30)49(48-37)24-32-33(40)22-29(23-34(32)41)52-18-17-50-3/h6-7,10-11,19-23,25-26,38H,4-5,8-9,12-18,24,44H2,1-3H3,(H,45,46,47)/b28-19+,31-20+. The summed E-state index contributed by atoms with van der Waals surface area (Å²) in [6.45, 7) is 5.76. The van der Waals surface area contributed by atoms with Crippen LogP contribution < -0.4 is 15.8 Å². The first kappa shape index (κ1) is 38.9. The molecule has 13 heteroatoms. The van der Waals surface area contributed by atoms with Crippen LogP contribution in [0.15, 0.2) is 65.9 Å². The van der Waals surface area contributed by atoms with E-state index in [-0.39, 0.29) is 48.5 Å². The summed E-state index contributed by atoms with van der Waals surface area (Å²) in [6.07, 6.45) is 5.59. The molecule has 1 aliphatic rings. The first-order valence-corrected chi connectivity index (χ1v) is 17.9. The smallest absolute Gasteiger partial charge is 0.260 e. The van der Waals surface area contributed by atoms with Gasteiger partial charge in [-0.1, -0.05) is 44.5 Å². The number of halogens is 4. The number of nitrogens with zero attached hydrogens (tertiary/aromatic N) is 4. The molecule has 9 nitrogen and oxygen atoms in total. The zero-order chi connectivity index (χ0) is 37.0. The molecule has 0 fully saturated rings. The van der Waals surface area contributed by atoms with Gasteiger partial charge in [0, 0.05) is 66.4 Å². The van der Waals surface area contributed by atoms with Gasteiger partial charge in [0.15, 0.2) is 5.82 Å². The molecule has 0 radical (unpaired) electrons. The summed E-state index contributed by atoms with van der Waals surface area (Å²) in [5.41, 5.74) is 7.76. The van der Waals surface area contributed by atoms with Crippen molar-refractivity contribution in [2.24, 2.45) is 17.6 Å². The molecule has 2 heterocycles. The third kappa shape index (κ3) is 10.4. The molecule has 2 atom stereocenters. The molecule has 5 rings (SSSR count). The van der Waals surface area contributed by atoms with Crippen molar-refractivity contribution in [3.05, 3.63) is 88.8 Å². The van der Waals surface area contributed by atoms with Gasteiger partial charge in [-0.3, -0.25) is 4.68 Å². The lowest BCUT2D eigenvalue weighted by atomic mass is 9.88. The van der Waals surface area contributed by atoms with Gasteiger partial charge in [-0.05, 0) is 56.1 Å². The Labute approximate surface area is 302 Å². The highest BCUT2D eigenvalue weighted by Gasteiger charge is 2.23. The van der Waals surface area contributed by atoms with Crippen LogP contribution in [0.5, 0.6) is 5.75 Å². The number of rotatable bonds is 18. The number of methoxy groups -OCH3 is 1. The zero-order valence-corrected chi connectivity index (χ0v) is 30.0. The molecule has 3 N–H and O–H groups in total. The second kappa shape index (κ2) is 19.0. The van der Waals surface area contributed by atoms with Crippen molar-refractivity contribution in [1.82, 2.24) is 19.7 Å². The van der Waals surface area contributed by atoms with E-state index in [1.54, 1.807) is 0 Å². The Morgan fingerprint density at radius 1 is 0.962 bits per heavy atom. The third-order valence-electron chi connectivity index (χ3n) is 9.05. The molecule has 280 valence electrons. The minimum atomic E-state index is -2.58. The molecular weight excluding hydrogens is 676 g/mol. The first-order valence-electron chi connectivity index (χ1n) is 17.9. The molecule has 52 heavy (non-hydrogen) atoms. The maximum Gasteiger partial charge on any atom is 0.260 e. The zero-order valence-electron chi connectivity index (χ0n) is 30.0. The summed E-state index contributed by atoms with van der Waals surface area (Å²) < 4.78 is 76.2. The molecule has 2 aromatic heterocycles. The molecule has 2 aromatic carbocycles. The number of nitrogens with one attached hydrogen (secondary N) is 1. The van der Waals surface area contributed by atoms with Crippen molar-refractivity contribution in [2.75, 3.05) is 45.4 Å². The minimum Gasteiger partial charge on any atom is -0.491 e. The number of alkyl halides is 2. The number of anilines is 1. The average Bonchev–Trinajstić information content (AvgIpc) is 3.48.